The van der Waals surface area contributed by atoms with Crippen molar-refractivity contribution in [1.82, 2.24) is 19.8 Å². The van der Waals surface area contributed by atoms with Gasteiger partial charge >= 0.3 is 0 Å². The number of ether oxygens (including phenoxy) is 1. The van der Waals surface area contributed by atoms with Crippen LogP contribution in [0.5, 0.6) is 0 Å². The molecule has 1 aromatic heterocycles. The van der Waals surface area contributed by atoms with Gasteiger partial charge in [-0.15, -0.1) is 0 Å². The van der Waals surface area contributed by atoms with E-state index in [1.54, 1.807) is 0 Å². The molecule has 1 atom stereocenters. The molecule has 17 heavy (non-hydrogen) atoms. The predicted molar refractivity (Wildman–Crippen MR) is 67.0 cm³/mol. The van der Waals surface area contributed by atoms with Gasteiger partial charge in [-0.3, -0.25) is 4.90 Å². The Bertz CT molecular complexity index is 337. The van der Waals surface area contributed by atoms with Crippen LogP contribution in [0.25, 0.3) is 0 Å². The van der Waals surface area contributed by atoms with Crippen molar-refractivity contribution in [2.45, 2.75) is 12.5 Å². The lowest BCUT2D eigenvalue weighted by molar-refractivity contribution is -0.00582. The Kier molecular flexibility index (Phi) is 4.53. The molecule has 1 saturated heterocycles. The highest BCUT2D eigenvalue weighted by atomic mass is 16.5. The fourth-order valence-corrected chi connectivity index (χ4v) is 2.29. The van der Waals surface area contributed by atoms with Gasteiger partial charge in [-0.05, 0) is 7.05 Å². The number of likely N-dealkylation sites (N-methyl/N-ethyl adjacent to an activating group) is 1. The standard InChI is InChI=1S/C12H22N4O/c1-13-9-11-10-17-8-7-16(11)5-3-12-14-4-6-15(12)2/h4,6,11,13H,3,5,7-10H2,1-2H3. The third kappa shape index (κ3) is 3.28. The summed E-state index contributed by atoms with van der Waals surface area (Å²) < 4.78 is 7.61. The van der Waals surface area contributed by atoms with E-state index in [0.29, 0.717) is 6.04 Å². The van der Waals surface area contributed by atoms with Crippen LogP contribution >= 0.6 is 0 Å². The Labute approximate surface area is 103 Å². The summed E-state index contributed by atoms with van der Waals surface area (Å²) in [5, 5.41) is 3.23. The Morgan fingerprint density at radius 1 is 1.59 bits per heavy atom. The molecule has 0 aromatic carbocycles. The molecule has 1 aliphatic heterocycles. The number of hydrogen-bond acceptors (Lipinski definition) is 4. The number of nitrogens with zero attached hydrogens (tertiary/aromatic N) is 3. The van der Waals surface area contributed by atoms with Gasteiger partial charge in [-0.1, -0.05) is 0 Å². The van der Waals surface area contributed by atoms with Gasteiger partial charge in [-0.25, -0.2) is 4.98 Å². The molecule has 1 aromatic rings. The average Bonchev–Trinajstić information content (AvgIpc) is 2.74. The smallest absolute Gasteiger partial charge is 0.109 e. The molecule has 0 spiro atoms. The van der Waals surface area contributed by atoms with Crippen molar-refractivity contribution in [3.8, 4) is 0 Å². The molecule has 1 aliphatic rings. The van der Waals surface area contributed by atoms with Gasteiger partial charge in [0, 0.05) is 51.5 Å². The molecule has 0 aliphatic carbocycles. The summed E-state index contributed by atoms with van der Waals surface area (Å²) in [5.74, 6) is 1.15. The maximum Gasteiger partial charge on any atom is 0.109 e. The lowest BCUT2D eigenvalue weighted by atomic mass is 10.2. The first kappa shape index (κ1) is 12.5. The SMILES string of the molecule is CNCC1COCCN1CCc1nccn1C. The van der Waals surface area contributed by atoms with Gasteiger partial charge in [0.15, 0.2) is 0 Å². The largest absolute Gasteiger partial charge is 0.378 e. The molecule has 0 saturated carbocycles. The van der Waals surface area contributed by atoms with E-state index in [9.17, 15) is 0 Å². The zero-order valence-electron chi connectivity index (χ0n) is 10.7. The molecule has 0 bridgehead atoms. The molecule has 0 radical (unpaired) electrons. The summed E-state index contributed by atoms with van der Waals surface area (Å²) in [6.07, 6.45) is 4.86. The number of hydrogen-bond donors (Lipinski definition) is 1. The predicted octanol–water partition coefficient (Wildman–Crippen LogP) is -0.117. The Hall–Kier alpha value is -0.910. The fraction of sp³-hybridized carbons (Fsp3) is 0.750. The first-order chi connectivity index (χ1) is 8.31. The van der Waals surface area contributed by atoms with Gasteiger partial charge in [0.2, 0.25) is 0 Å². The normalized spacial score (nSPS) is 21.9. The van der Waals surface area contributed by atoms with E-state index in [1.807, 2.05) is 26.5 Å². The van der Waals surface area contributed by atoms with E-state index < -0.39 is 0 Å². The van der Waals surface area contributed by atoms with Crippen molar-refractivity contribution in [2.75, 3.05) is 39.9 Å². The van der Waals surface area contributed by atoms with Crippen LogP contribution < -0.4 is 5.32 Å². The van der Waals surface area contributed by atoms with Crippen LogP contribution in [0.1, 0.15) is 5.82 Å². The molecule has 0 amide bonds. The minimum atomic E-state index is 0.494. The average molecular weight is 238 g/mol. The van der Waals surface area contributed by atoms with Crippen molar-refractivity contribution in [3.05, 3.63) is 18.2 Å². The van der Waals surface area contributed by atoms with Crippen LogP contribution in [-0.2, 0) is 18.2 Å². The number of rotatable bonds is 5. The van der Waals surface area contributed by atoms with Gasteiger partial charge < -0.3 is 14.6 Å². The number of aryl methyl sites for hydroxylation is 1. The number of aromatic nitrogens is 2. The summed E-state index contributed by atoms with van der Waals surface area (Å²) >= 11 is 0. The lowest BCUT2D eigenvalue weighted by Crippen LogP contribution is -2.50. The molecule has 5 nitrogen and oxygen atoms in total. The van der Waals surface area contributed by atoms with E-state index >= 15 is 0 Å². The van der Waals surface area contributed by atoms with Gasteiger partial charge in [0.25, 0.3) is 0 Å². The van der Waals surface area contributed by atoms with Crippen LogP contribution in [0.2, 0.25) is 0 Å². The van der Waals surface area contributed by atoms with Crippen molar-refractivity contribution in [1.29, 1.82) is 0 Å². The Morgan fingerprint density at radius 2 is 2.47 bits per heavy atom. The highest BCUT2D eigenvalue weighted by Gasteiger charge is 2.22. The molecular weight excluding hydrogens is 216 g/mol. The van der Waals surface area contributed by atoms with Crippen molar-refractivity contribution < 1.29 is 4.74 Å². The minimum absolute atomic E-state index is 0.494. The molecule has 96 valence electrons. The second-order valence-electron chi connectivity index (χ2n) is 4.53. The molecule has 1 N–H and O–H groups in total. The van der Waals surface area contributed by atoms with Gasteiger partial charge in [-0.2, -0.15) is 0 Å². The second-order valence-corrected chi connectivity index (χ2v) is 4.53. The highest BCUT2D eigenvalue weighted by molar-refractivity contribution is 4.92. The van der Waals surface area contributed by atoms with Crippen LogP contribution in [0.4, 0.5) is 0 Å². The van der Waals surface area contributed by atoms with Gasteiger partial charge in [0.1, 0.15) is 5.82 Å². The van der Waals surface area contributed by atoms with E-state index in [1.165, 1.54) is 0 Å². The van der Waals surface area contributed by atoms with E-state index in [-0.39, 0.29) is 0 Å². The van der Waals surface area contributed by atoms with Crippen LogP contribution in [-0.4, -0.2) is 60.4 Å². The molecular formula is C12H22N4O. The fourth-order valence-electron chi connectivity index (χ4n) is 2.29. The Balaban J connectivity index is 1.86. The maximum atomic E-state index is 5.52. The Morgan fingerprint density at radius 3 is 3.18 bits per heavy atom. The third-order valence-electron chi connectivity index (χ3n) is 3.33. The van der Waals surface area contributed by atoms with Crippen molar-refractivity contribution in [2.24, 2.45) is 7.05 Å². The zero-order valence-corrected chi connectivity index (χ0v) is 10.7. The molecule has 2 rings (SSSR count). The molecule has 5 heteroatoms. The minimum Gasteiger partial charge on any atom is -0.378 e. The molecule has 1 unspecified atom stereocenters. The quantitative estimate of drug-likeness (QED) is 0.777. The zero-order chi connectivity index (χ0) is 12.1. The van der Waals surface area contributed by atoms with E-state index in [4.69, 9.17) is 4.74 Å². The van der Waals surface area contributed by atoms with Crippen molar-refractivity contribution >= 4 is 0 Å². The third-order valence-corrected chi connectivity index (χ3v) is 3.33. The summed E-state index contributed by atoms with van der Waals surface area (Å²) in [5.41, 5.74) is 0. The number of imidazole rings is 1. The monoisotopic (exact) mass is 238 g/mol. The maximum absolute atomic E-state index is 5.52. The topological polar surface area (TPSA) is 42.3 Å². The summed E-state index contributed by atoms with van der Waals surface area (Å²) in [6.45, 7) is 4.75. The summed E-state index contributed by atoms with van der Waals surface area (Å²) in [6, 6.07) is 0.494. The molecule has 1 fully saturated rings. The molecule has 2 heterocycles. The van der Waals surface area contributed by atoms with Crippen molar-refractivity contribution in [3.63, 3.8) is 0 Å². The first-order valence-electron chi connectivity index (χ1n) is 6.24. The van der Waals surface area contributed by atoms with Crippen LogP contribution in [0, 0.1) is 0 Å². The number of morpholine rings is 1. The first-order valence-corrected chi connectivity index (χ1v) is 6.24. The second kappa shape index (κ2) is 6.14. The number of nitrogens with one attached hydrogen (secondary N) is 1. The lowest BCUT2D eigenvalue weighted by Gasteiger charge is -2.35. The van der Waals surface area contributed by atoms with E-state index in [2.05, 4.69) is 19.8 Å². The summed E-state index contributed by atoms with van der Waals surface area (Å²) in [7, 11) is 4.04. The van der Waals surface area contributed by atoms with Crippen LogP contribution in [0.15, 0.2) is 12.4 Å². The highest BCUT2D eigenvalue weighted by Crippen LogP contribution is 2.07. The van der Waals surface area contributed by atoms with Crippen LogP contribution in [0.3, 0.4) is 0 Å². The summed E-state index contributed by atoms with van der Waals surface area (Å²) in [4.78, 5) is 6.86. The van der Waals surface area contributed by atoms with Gasteiger partial charge in [0.05, 0.1) is 13.2 Å². The van der Waals surface area contributed by atoms with E-state index in [0.717, 1.165) is 45.1 Å².